The van der Waals surface area contributed by atoms with E-state index in [4.69, 9.17) is 9.15 Å². The van der Waals surface area contributed by atoms with Crippen LogP contribution in [0.5, 0.6) is 0 Å². The van der Waals surface area contributed by atoms with Crippen LogP contribution in [-0.4, -0.2) is 37.2 Å². The molecule has 0 atom stereocenters. The Balaban J connectivity index is 0.00000529. The highest BCUT2D eigenvalue weighted by molar-refractivity contribution is 14.0. The van der Waals surface area contributed by atoms with Gasteiger partial charge in [0.05, 0.1) is 6.20 Å². The van der Waals surface area contributed by atoms with Crippen molar-refractivity contribution in [1.29, 1.82) is 0 Å². The van der Waals surface area contributed by atoms with Gasteiger partial charge < -0.3 is 19.8 Å². The van der Waals surface area contributed by atoms with Crippen LogP contribution in [0.2, 0.25) is 0 Å². The van der Waals surface area contributed by atoms with Crippen molar-refractivity contribution < 1.29 is 9.15 Å². The monoisotopic (exact) mass is 452 g/mol. The van der Waals surface area contributed by atoms with Gasteiger partial charge in [0, 0.05) is 31.7 Å². The quantitative estimate of drug-likeness (QED) is 0.260. The number of unbranched alkanes of at least 4 members (excludes halogenated alkanes) is 1. The predicted molar refractivity (Wildman–Crippen MR) is 109 cm³/mol. The van der Waals surface area contributed by atoms with Crippen LogP contribution in [-0.2, 0) is 16.7 Å². The highest BCUT2D eigenvalue weighted by Crippen LogP contribution is 2.22. The topological polar surface area (TPSA) is 71.7 Å². The fourth-order valence-electron chi connectivity index (χ4n) is 1.90. The van der Waals surface area contributed by atoms with Crippen molar-refractivity contribution in [2.75, 3.05) is 26.3 Å². The molecule has 1 aromatic heterocycles. The maximum absolute atomic E-state index is 5.76. The molecule has 0 saturated heterocycles. The first-order chi connectivity index (χ1) is 11.0. The summed E-state index contributed by atoms with van der Waals surface area (Å²) in [6, 6.07) is 0. The highest BCUT2D eigenvalue weighted by atomic mass is 127. The molecule has 1 heterocycles. The molecule has 0 aliphatic rings. The van der Waals surface area contributed by atoms with E-state index in [1.165, 1.54) is 0 Å². The number of nitrogens with zero attached hydrogens (tertiary/aromatic N) is 2. The van der Waals surface area contributed by atoms with E-state index in [0.29, 0.717) is 12.4 Å². The Morgan fingerprint density at radius 2 is 2.00 bits per heavy atom. The summed E-state index contributed by atoms with van der Waals surface area (Å²) in [4.78, 5) is 8.82. The molecule has 0 aromatic carbocycles. The van der Waals surface area contributed by atoms with E-state index in [1.54, 1.807) is 6.20 Å². The summed E-state index contributed by atoms with van der Waals surface area (Å²) in [7, 11) is 0. The molecule has 0 aliphatic carbocycles. The van der Waals surface area contributed by atoms with Crippen molar-refractivity contribution in [3.05, 3.63) is 17.8 Å². The number of oxazole rings is 1. The Bertz CT molecular complexity index is 469. The Morgan fingerprint density at radius 3 is 2.58 bits per heavy atom. The number of aromatic nitrogens is 1. The van der Waals surface area contributed by atoms with E-state index in [2.05, 4.69) is 48.3 Å². The van der Waals surface area contributed by atoms with Gasteiger partial charge >= 0.3 is 0 Å². The van der Waals surface area contributed by atoms with E-state index < -0.39 is 0 Å². The minimum Gasteiger partial charge on any atom is -0.443 e. The number of guanidine groups is 1. The summed E-state index contributed by atoms with van der Waals surface area (Å²) in [5.41, 5.74) is -0.0295. The molecule has 0 amide bonds. The standard InChI is InChI=1S/C17H32N4O2.HI/c1-6-18-16(19-10-8-9-11-22-7-2)21-13-15-20-12-14(23-15)17(3,4)5;/h12H,6-11,13H2,1-5H3,(H2,18,19,21);1H. The molecular formula is C17H33IN4O2. The Labute approximate surface area is 163 Å². The van der Waals surface area contributed by atoms with E-state index in [0.717, 1.165) is 50.9 Å². The van der Waals surface area contributed by atoms with Gasteiger partial charge in [-0.25, -0.2) is 9.98 Å². The van der Waals surface area contributed by atoms with Crippen LogP contribution in [0.1, 0.15) is 59.1 Å². The van der Waals surface area contributed by atoms with Crippen molar-refractivity contribution in [1.82, 2.24) is 15.6 Å². The summed E-state index contributed by atoms with van der Waals surface area (Å²) in [5, 5.41) is 6.55. The third kappa shape index (κ3) is 9.46. The Hall–Kier alpha value is -0.830. The molecule has 0 unspecified atom stereocenters. The lowest BCUT2D eigenvalue weighted by Gasteiger charge is -2.13. The molecule has 7 heteroatoms. The number of nitrogens with one attached hydrogen (secondary N) is 2. The Kier molecular flexibility index (Phi) is 12.1. The van der Waals surface area contributed by atoms with Gasteiger partial charge in [0.2, 0.25) is 5.89 Å². The molecule has 1 aromatic rings. The average molecular weight is 452 g/mol. The number of hydrogen-bond donors (Lipinski definition) is 2. The molecule has 0 bridgehead atoms. The summed E-state index contributed by atoms with van der Waals surface area (Å²) in [5.74, 6) is 2.32. The van der Waals surface area contributed by atoms with Crippen LogP contribution in [0.15, 0.2) is 15.6 Å². The lowest BCUT2D eigenvalue weighted by molar-refractivity contribution is 0.143. The van der Waals surface area contributed by atoms with Crippen molar-refractivity contribution in [3.63, 3.8) is 0 Å². The molecule has 6 nitrogen and oxygen atoms in total. The molecule has 24 heavy (non-hydrogen) atoms. The molecule has 0 radical (unpaired) electrons. The van der Waals surface area contributed by atoms with Crippen LogP contribution in [0.25, 0.3) is 0 Å². The third-order valence-electron chi connectivity index (χ3n) is 3.22. The molecule has 0 spiro atoms. The van der Waals surface area contributed by atoms with Gasteiger partial charge in [0.25, 0.3) is 0 Å². The van der Waals surface area contributed by atoms with Crippen molar-refractivity contribution in [2.24, 2.45) is 4.99 Å². The van der Waals surface area contributed by atoms with Crippen LogP contribution in [0, 0.1) is 0 Å². The summed E-state index contributed by atoms with van der Waals surface area (Å²) in [6.07, 6.45) is 3.89. The van der Waals surface area contributed by atoms with Gasteiger partial charge in [-0.2, -0.15) is 0 Å². The summed E-state index contributed by atoms with van der Waals surface area (Å²) < 4.78 is 11.1. The smallest absolute Gasteiger partial charge is 0.216 e. The van der Waals surface area contributed by atoms with E-state index in [9.17, 15) is 0 Å². The second-order valence-electron chi connectivity index (χ2n) is 6.39. The summed E-state index contributed by atoms with van der Waals surface area (Å²) in [6.45, 7) is 14.1. The lowest BCUT2D eigenvalue weighted by atomic mass is 9.94. The number of rotatable bonds is 9. The molecule has 1 rings (SSSR count). The second-order valence-corrected chi connectivity index (χ2v) is 6.39. The first-order valence-electron chi connectivity index (χ1n) is 8.52. The fraction of sp³-hybridized carbons (Fsp3) is 0.765. The van der Waals surface area contributed by atoms with E-state index in [1.807, 2.05) is 6.92 Å². The molecule has 0 fully saturated rings. The Morgan fingerprint density at radius 1 is 1.25 bits per heavy atom. The normalized spacial score (nSPS) is 12.0. The van der Waals surface area contributed by atoms with Crippen LogP contribution >= 0.6 is 24.0 Å². The number of halogens is 1. The van der Waals surface area contributed by atoms with Gasteiger partial charge in [-0.15, -0.1) is 24.0 Å². The lowest BCUT2D eigenvalue weighted by Crippen LogP contribution is -2.37. The molecule has 0 saturated carbocycles. The minimum atomic E-state index is -0.0295. The van der Waals surface area contributed by atoms with Gasteiger partial charge in [0.15, 0.2) is 5.96 Å². The average Bonchev–Trinajstić information content (AvgIpc) is 2.97. The molecule has 0 aliphatic heterocycles. The fourth-order valence-corrected chi connectivity index (χ4v) is 1.90. The molecule has 140 valence electrons. The van der Waals surface area contributed by atoms with E-state index in [-0.39, 0.29) is 29.4 Å². The SMILES string of the molecule is CCNC(=NCc1ncc(C(C)(C)C)o1)NCCCCOCC.I. The zero-order valence-corrected chi connectivity index (χ0v) is 18.0. The van der Waals surface area contributed by atoms with Crippen molar-refractivity contribution in [2.45, 2.75) is 59.4 Å². The summed E-state index contributed by atoms with van der Waals surface area (Å²) >= 11 is 0. The van der Waals surface area contributed by atoms with Gasteiger partial charge in [-0.05, 0) is 26.7 Å². The maximum atomic E-state index is 5.76. The third-order valence-corrected chi connectivity index (χ3v) is 3.22. The predicted octanol–water partition coefficient (Wildman–Crippen LogP) is 3.46. The number of ether oxygens (including phenoxy) is 1. The largest absolute Gasteiger partial charge is 0.443 e. The van der Waals surface area contributed by atoms with E-state index >= 15 is 0 Å². The first kappa shape index (κ1) is 23.2. The van der Waals surface area contributed by atoms with Crippen LogP contribution < -0.4 is 10.6 Å². The van der Waals surface area contributed by atoms with Crippen LogP contribution in [0.3, 0.4) is 0 Å². The minimum absolute atomic E-state index is 0. The zero-order chi connectivity index (χ0) is 17.1. The van der Waals surface area contributed by atoms with Crippen molar-refractivity contribution >= 4 is 29.9 Å². The second kappa shape index (κ2) is 12.5. The number of hydrogen-bond acceptors (Lipinski definition) is 4. The van der Waals surface area contributed by atoms with Gasteiger partial charge in [-0.1, -0.05) is 20.8 Å². The van der Waals surface area contributed by atoms with Gasteiger partial charge in [0.1, 0.15) is 12.3 Å². The molecular weight excluding hydrogens is 419 g/mol. The number of aliphatic imine (C=N–C) groups is 1. The first-order valence-corrected chi connectivity index (χ1v) is 8.52. The van der Waals surface area contributed by atoms with Crippen LogP contribution in [0.4, 0.5) is 0 Å². The zero-order valence-electron chi connectivity index (χ0n) is 15.6. The molecule has 2 N–H and O–H groups in total. The maximum Gasteiger partial charge on any atom is 0.216 e. The van der Waals surface area contributed by atoms with Gasteiger partial charge in [-0.3, -0.25) is 0 Å². The highest BCUT2D eigenvalue weighted by Gasteiger charge is 2.18. The van der Waals surface area contributed by atoms with Crippen molar-refractivity contribution in [3.8, 4) is 0 Å².